The van der Waals surface area contributed by atoms with Crippen molar-refractivity contribution in [3.63, 3.8) is 0 Å². The van der Waals surface area contributed by atoms with Gasteiger partial charge in [0.2, 0.25) is 4.77 Å². The molecule has 3 rings (SSSR count). The molecule has 0 amide bonds. The molecule has 6 heteroatoms. The fraction of sp³-hybridized carbons (Fsp3) is 0.263. The van der Waals surface area contributed by atoms with Gasteiger partial charge >= 0.3 is 0 Å². The number of hydrogen-bond donors (Lipinski definition) is 0. The molecule has 1 aromatic heterocycles. The fourth-order valence-electron chi connectivity index (χ4n) is 2.86. The largest absolute Gasteiger partial charge is 0.283 e. The first-order chi connectivity index (χ1) is 11.9. The van der Waals surface area contributed by atoms with Gasteiger partial charge in [0.15, 0.2) is 0 Å². The maximum absolute atomic E-state index is 13.0. The normalized spacial score (nSPS) is 11.2. The van der Waals surface area contributed by atoms with Crippen LogP contribution in [0.25, 0.3) is 5.69 Å². The Bertz CT molecular complexity index is 927. The minimum Gasteiger partial charge on any atom is -0.283 e. The number of aromatic nitrogens is 3. The first-order valence-electron chi connectivity index (χ1n) is 8.09. The zero-order chi connectivity index (χ0) is 18.0. The van der Waals surface area contributed by atoms with Gasteiger partial charge in [-0.3, -0.25) is 9.47 Å². The molecule has 0 aliphatic heterocycles. The van der Waals surface area contributed by atoms with E-state index in [0.717, 1.165) is 16.8 Å². The van der Waals surface area contributed by atoms with Crippen LogP contribution in [-0.4, -0.2) is 26.3 Å². The van der Waals surface area contributed by atoms with Crippen molar-refractivity contribution in [1.82, 2.24) is 19.2 Å². The van der Waals surface area contributed by atoms with Crippen LogP contribution in [0.4, 0.5) is 4.39 Å². The van der Waals surface area contributed by atoms with Crippen molar-refractivity contribution in [2.75, 3.05) is 7.05 Å². The van der Waals surface area contributed by atoms with Crippen molar-refractivity contribution >= 4 is 12.2 Å². The summed E-state index contributed by atoms with van der Waals surface area (Å²) in [7, 11) is 1.99. The van der Waals surface area contributed by atoms with Crippen LogP contribution < -0.4 is 0 Å². The molecular weight excluding hydrogens is 335 g/mol. The van der Waals surface area contributed by atoms with Crippen molar-refractivity contribution in [2.45, 2.75) is 27.1 Å². The zero-order valence-electron chi connectivity index (χ0n) is 14.6. The molecule has 0 unspecified atom stereocenters. The van der Waals surface area contributed by atoms with E-state index >= 15 is 0 Å². The molecule has 0 radical (unpaired) electrons. The second-order valence-electron chi connectivity index (χ2n) is 6.36. The fourth-order valence-corrected chi connectivity index (χ4v) is 3.11. The lowest BCUT2D eigenvalue weighted by Crippen LogP contribution is -2.22. The summed E-state index contributed by atoms with van der Waals surface area (Å²) in [5.41, 5.74) is 4.47. The van der Waals surface area contributed by atoms with Crippen molar-refractivity contribution in [2.24, 2.45) is 0 Å². The summed E-state index contributed by atoms with van der Waals surface area (Å²) in [5, 5.41) is 4.43. The van der Waals surface area contributed by atoms with E-state index in [1.165, 1.54) is 17.7 Å². The molecule has 25 heavy (non-hydrogen) atoms. The minimum absolute atomic E-state index is 0.221. The van der Waals surface area contributed by atoms with Gasteiger partial charge in [-0.1, -0.05) is 29.8 Å². The minimum atomic E-state index is -0.221. The van der Waals surface area contributed by atoms with Gasteiger partial charge in [0.05, 0.1) is 12.4 Å². The summed E-state index contributed by atoms with van der Waals surface area (Å²) in [6.45, 7) is 5.40. The number of rotatable bonds is 5. The maximum Gasteiger partial charge on any atom is 0.203 e. The molecule has 2 aromatic carbocycles. The van der Waals surface area contributed by atoms with Crippen LogP contribution in [0, 0.1) is 24.4 Å². The number of benzene rings is 2. The molecular formula is C19H21FN4S. The third kappa shape index (κ3) is 4.03. The summed E-state index contributed by atoms with van der Waals surface area (Å²) < 4.78 is 17.4. The quantitative estimate of drug-likeness (QED) is 0.639. The van der Waals surface area contributed by atoms with Crippen LogP contribution in [-0.2, 0) is 13.2 Å². The predicted octanol–water partition coefficient (Wildman–Crippen LogP) is 4.25. The highest BCUT2D eigenvalue weighted by molar-refractivity contribution is 7.71. The van der Waals surface area contributed by atoms with Gasteiger partial charge in [-0.15, -0.1) is 0 Å². The smallest absolute Gasteiger partial charge is 0.203 e. The van der Waals surface area contributed by atoms with Crippen LogP contribution in [0.3, 0.4) is 0 Å². The Kier molecular flexibility index (Phi) is 5.11. The summed E-state index contributed by atoms with van der Waals surface area (Å²) in [5.74, 6) is -0.221. The third-order valence-electron chi connectivity index (χ3n) is 4.09. The number of nitrogens with zero attached hydrogens (tertiary/aromatic N) is 4. The van der Waals surface area contributed by atoms with Crippen molar-refractivity contribution in [1.29, 1.82) is 0 Å². The highest BCUT2D eigenvalue weighted by Gasteiger charge is 2.09. The lowest BCUT2D eigenvalue weighted by atomic mass is 10.1. The summed E-state index contributed by atoms with van der Waals surface area (Å²) in [6, 6.07) is 12.8. The van der Waals surface area contributed by atoms with Gasteiger partial charge in [-0.2, -0.15) is 5.10 Å². The molecule has 4 nitrogen and oxygen atoms in total. The van der Waals surface area contributed by atoms with E-state index in [2.05, 4.69) is 42.0 Å². The SMILES string of the molecule is Cc1ccc(-n2cnn(CN(C)Cc3ccc(F)cc3)c2=S)c(C)c1. The second kappa shape index (κ2) is 7.29. The first-order valence-corrected chi connectivity index (χ1v) is 8.50. The van der Waals surface area contributed by atoms with Gasteiger partial charge in [-0.25, -0.2) is 9.07 Å². The standard InChI is InChI=1S/C19H21FN4S/c1-14-4-9-18(15(2)10-14)23-12-21-24(19(23)25)13-22(3)11-16-5-7-17(20)8-6-16/h4-10,12H,11,13H2,1-3H3. The van der Waals surface area contributed by atoms with Crippen molar-refractivity contribution < 1.29 is 4.39 Å². The van der Waals surface area contributed by atoms with Gasteiger partial charge in [-0.05, 0) is 62.4 Å². The Balaban J connectivity index is 1.77. The highest BCUT2D eigenvalue weighted by Crippen LogP contribution is 2.16. The van der Waals surface area contributed by atoms with Crippen molar-refractivity contribution in [3.8, 4) is 5.69 Å². The summed E-state index contributed by atoms with van der Waals surface area (Å²) in [6.07, 6.45) is 1.76. The molecule has 1 heterocycles. The average molecular weight is 356 g/mol. The monoisotopic (exact) mass is 356 g/mol. The van der Waals surface area contributed by atoms with Crippen LogP contribution in [0.2, 0.25) is 0 Å². The Labute approximate surface area is 152 Å². The van der Waals surface area contributed by atoms with E-state index in [1.807, 2.05) is 11.6 Å². The number of aryl methyl sites for hydroxylation is 2. The molecule has 0 aliphatic rings. The Hall–Kier alpha value is -2.31. The molecule has 0 saturated carbocycles. The maximum atomic E-state index is 13.0. The molecule has 0 bridgehead atoms. The van der Waals surface area contributed by atoms with E-state index in [4.69, 9.17) is 12.2 Å². The Morgan fingerprint density at radius 3 is 2.52 bits per heavy atom. The highest BCUT2D eigenvalue weighted by atomic mass is 32.1. The topological polar surface area (TPSA) is 26.0 Å². The van der Waals surface area contributed by atoms with Gasteiger partial charge in [0, 0.05) is 6.54 Å². The molecule has 0 aliphatic carbocycles. The predicted molar refractivity (Wildman–Crippen MR) is 99.7 cm³/mol. The molecule has 0 spiro atoms. The second-order valence-corrected chi connectivity index (χ2v) is 6.72. The molecule has 130 valence electrons. The first kappa shape index (κ1) is 17.5. The van der Waals surface area contributed by atoms with Crippen molar-refractivity contribution in [3.05, 3.63) is 76.1 Å². The molecule has 0 saturated heterocycles. The molecule has 0 N–H and O–H groups in total. The van der Waals surface area contributed by atoms with E-state index in [-0.39, 0.29) is 5.82 Å². The Morgan fingerprint density at radius 2 is 1.84 bits per heavy atom. The van der Waals surface area contributed by atoms with Crippen LogP contribution in [0.15, 0.2) is 48.8 Å². The van der Waals surface area contributed by atoms with Crippen LogP contribution >= 0.6 is 12.2 Å². The zero-order valence-corrected chi connectivity index (χ0v) is 15.4. The van der Waals surface area contributed by atoms with E-state index < -0.39 is 0 Å². The number of halogens is 1. The van der Waals surface area contributed by atoms with E-state index in [9.17, 15) is 4.39 Å². The van der Waals surface area contributed by atoms with E-state index in [0.29, 0.717) is 18.0 Å². The lowest BCUT2D eigenvalue weighted by molar-refractivity contribution is 0.244. The third-order valence-corrected chi connectivity index (χ3v) is 4.49. The van der Waals surface area contributed by atoms with Crippen LogP contribution in [0.5, 0.6) is 0 Å². The molecule has 3 aromatic rings. The average Bonchev–Trinajstić information content (AvgIpc) is 2.91. The molecule has 0 fully saturated rings. The number of hydrogen-bond acceptors (Lipinski definition) is 3. The summed E-state index contributed by atoms with van der Waals surface area (Å²) >= 11 is 5.59. The van der Waals surface area contributed by atoms with Crippen LogP contribution in [0.1, 0.15) is 16.7 Å². The Morgan fingerprint density at radius 1 is 1.12 bits per heavy atom. The van der Waals surface area contributed by atoms with Gasteiger partial charge in [0.25, 0.3) is 0 Å². The van der Waals surface area contributed by atoms with Gasteiger partial charge < -0.3 is 0 Å². The molecule has 0 atom stereocenters. The van der Waals surface area contributed by atoms with Gasteiger partial charge in [0.1, 0.15) is 12.1 Å². The summed E-state index contributed by atoms with van der Waals surface area (Å²) in [4.78, 5) is 2.09. The lowest BCUT2D eigenvalue weighted by Gasteiger charge is -2.16. The van der Waals surface area contributed by atoms with E-state index in [1.54, 1.807) is 23.1 Å².